The number of hydrogen-bond acceptors (Lipinski definition) is 6. The van der Waals surface area contributed by atoms with Gasteiger partial charge in [-0.05, 0) is 81.5 Å². The van der Waals surface area contributed by atoms with Crippen LogP contribution in [0.5, 0.6) is 5.75 Å². The molecule has 41 heavy (non-hydrogen) atoms. The first-order valence-corrected chi connectivity index (χ1v) is 13.9. The Morgan fingerprint density at radius 2 is 1.88 bits per heavy atom. The van der Waals surface area contributed by atoms with Gasteiger partial charge in [-0.3, -0.25) is 9.78 Å². The van der Waals surface area contributed by atoms with Gasteiger partial charge in [-0.2, -0.15) is 13.2 Å². The van der Waals surface area contributed by atoms with Crippen LogP contribution in [0.1, 0.15) is 59.1 Å². The number of ether oxygens (including phenoxy) is 1. The summed E-state index contributed by atoms with van der Waals surface area (Å²) in [5.74, 6) is 0.444. The van der Waals surface area contributed by atoms with Crippen molar-refractivity contribution in [2.45, 2.75) is 64.8 Å². The molecular weight excluding hydrogens is 531 g/mol. The Morgan fingerprint density at radius 1 is 1.17 bits per heavy atom. The number of methoxy groups -OCH3 is 1. The Labute approximate surface area is 239 Å². The van der Waals surface area contributed by atoms with Crippen LogP contribution in [0.25, 0.3) is 0 Å². The molecular formula is C31H38F3N5O2. The van der Waals surface area contributed by atoms with Gasteiger partial charge in [0.1, 0.15) is 11.4 Å². The molecule has 220 valence electrons. The van der Waals surface area contributed by atoms with Crippen molar-refractivity contribution in [3.63, 3.8) is 0 Å². The van der Waals surface area contributed by atoms with Gasteiger partial charge in [0.2, 0.25) is 0 Å². The van der Waals surface area contributed by atoms with Crippen molar-refractivity contribution in [2.75, 3.05) is 31.6 Å². The average molecular weight is 570 g/mol. The van der Waals surface area contributed by atoms with Gasteiger partial charge < -0.3 is 19.9 Å². The van der Waals surface area contributed by atoms with Gasteiger partial charge in [-0.1, -0.05) is 12.1 Å². The van der Waals surface area contributed by atoms with Crippen LogP contribution in [0.3, 0.4) is 0 Å². The fraction of sp³-hybridized carbons (Fsp3) is 0.452. The van der Waals surface area contributed by atoms with Crippen LogP contribution in [0, 0.1) is 13.8 Å². The van der Waals surface area contributed by atoms with Crippen LogP contribution in [0.2, 0.25) is 0 Å². The molecule has 1 amide bonds. The molecule has 4 rings (SSSR count). The third kappa shape index (κ3) is 7.75. The Kier molecular flexibility index (Phi) is 9.86. The van der Waals surface area contributed by atoms with Gasteiger partial charge in [0, 0.05) is 44.5 Å². The van der Waals surface area contributed by atoms with Crippen molar-refractivity contribution >= 4 is 11.6 Å². The SMILES string of the molecule is COc1ccc(CN(c2cccnc2)C2CCN([C@H](C)CCNC(=O)c3c(C)cc(C(F)(F)F)nc3C)CC2)cc1. The number of nitrogens with one attached hydrogen (secondary N) is 1. The molecule has 0 radical (unpaired) electrons. The largest absolute Gasteiger partial charge is 0.497 e. The number of rotatable bonds is 10. The van der Waals surface area contributed by atoms with Gasteiger partial charge in [0.25, 0.3) is 5.91 Å². The van der Waals surface area contributed by atoms with Gasteiger partial charge in [-0.15, -0.1) is 0 Å². The number of hydrogen-bond donors (Lipinski definition) is 1. The Morgan fingerprint density at radius 3 is 2.46 bits per heavy atom. The maximum Gasteiger partial charge on any atom is 0.433 e. The first kappa shape index (κ1) is 30.3. The lowest BCUT2D eigenvalue weighted by Crippen LogP contribution is -2.48. The number of benzene rings is 1. The number of aryl methyl sites for hydroxylation is 2. The second-order valence-corrected chi connectivity index (χ2v) is 10.6. The maximum atomic E-state index is 13.1. The van der Waals surface area contributed by atoms with E-state index in [2.05, 4.69) is 50.2 Å². The number of amides is 1. The molecule has 1 N–H and O–H groups in total. The van der Waals surface area contributed by atoms with E-state index in [1.54, 1.807) is 13.3 Å². The monoisotopic (exact) mass is 569 g/mol. The molecule has 1 saturated heterocycles. The van der Waals surface area contributed by atoms with Crippen molar-refractivity contribution in [1.29, 1.82) is 0 Å². The summed E-state index contributed by atoms with van der Waals surface area (Å²) in [4.78, 5) is 25.6. The maximum absolute atomic E-state index is 13.1. The quantitative estimate of drug-likeness (QED) is 0.333. The van der Waals surface area contributed by atoms with Crippen molar-refractivity contribution in [1.82, 2.24) is 20.2 Å². The first-order chi connectivity index (χ1) is 19.6. The minimum atomic E-state index is -4.54. The molecule has 1 atom stereocenters. The van der Waals surface area contributed by atoms with E-state index in [-0.39, 0.29) is 22.9 Å². The summed E-state index contributed by atoms with van der Waals surface area (Å²) in [6, 6.07) is 13.8. The average Bonchev–Trinajstić information content (AvgIpc) is 2.96. The number of likely N-dealkylation sites (tertiary alicyclic amines) is 1. The molecule has 1 aliphatic rings. The lowest BCUT2D eigenvalue weighted by molar-refractivity contribution is -0.141. The van der Waals surface area contributed by atoms with Crippen LogP contribution in [-0.2, 0) is 12.7 Å². The second-order valence-electron chi connectivity index (χ2n) is 10.6. The number of anilines is 1. The molecule has 0 spiro atoms. The normalized spacial score (nSPS) is 15.4. The molecule has 1 aromatic carbocycles. The van der Waals surface area contributed by atoms with E-state index in [4.69, 9.17) is 4.74 Å². The zero-order valence-corrected chi connectivity index (χ0v) is 24.0. The number of carbonyl (C=O) groups is 1. The lowest BCUT2D eigenvalue weighted by atomic mass is 9.99. The van der Waals surface area contributed by atoms with Crippen LogP contribution in [-0.4, -0.2) is 59.6 Å². The highest BCUT2D eigenvalue weighted by Gasteiger charge is 2.34. The van der Waals surface area contributed by atoms with E-state index in [0.29, 0.717) is 12.6 Å². The zero-order chi connectivity index (χ0) is 29.6. The van der Waals surface area contributed by atoms with Crippen LogP contribution in [0.15, 0.2) is 54.9 Å². The molecule has 3 heterocycles. The number of aromatic nitrogens is 2. The second kappa shape index (κ2) is 13.3. The van der Waals surface area contributed by atoms with E-state index < -0.39 is 17.8 Å². The molecule has 2 aromatic heterocycles. The van der Waals surface area contributed by atoms with E-state index in [1.165, 1.54) is 19.4 Å². The molecule has 0 bridgehead atoms. The molecule has 0 saturated carbocycles. The van der Waals surface area contributed by atoms with E-state index in [9.17, 15) is 18.0 Å². The topological polar surface area (TPSA) is 70.6 Å². The predicted molar refractivity (Wildman–Crippen MR) is 153 cm³/mol. The Bertz CT molecular complexity index is 1270. The van der Waals surface area contributed by atoms with Crippen molar-refractivity contribution in [2.24, 2.45) is 0 Å². The summed E-state index contributed by atoms with van der Waals surface area (Å²) in [5, 5.41) is 2.88. The van der Waals surface area contributed by atoms with Crippen molar-refractivity contribution in [3.05, 3.63) is 82.9 Å². The summed E-state index contributed by atoms with van der Waals surface area (Å²) >= 11 is 0. The number of alkyl halides is 3. The summed E-state index contributed by atoms with van der Waals surface area (Å²) in [6.07, 6.45) is 1.89. The third-order valence-electron chi connectivity index (χ3n) is 7.82. The van der Waals surface area contributed by atoms with Crippen LogP contribution in [0.4, 0.5) is 18.9 Å². The molecule has 1 fully saturated rings. The molecule has 0 unspecified atom stereocenters. The van der Waals surface area contributed by atoms with Crippen LogP contribution < -0.4 is 15.0 Å². The summed E-state index contributed by atoms with van der Waals surface area (Å²) < 4.78 is 44.5. The Balaban J connectivity index is 1.31. The van der Waals surface area contributed by atoms with Gasteiger partial charge >= 0.3 is 6.18 Å². The number of pyridine rings is 2. The standard InChI is InChI=1S/C31H38F3N5O2/c1-21-18-28(31(32,33)34)37-23(3)29(21)30(40)36-15-11-22(2)38-16-12-25(13-17-38)39(26-6-5-14-35-19-26)20-24-7-9-27(41-4)10-8-24/h5-10,14,18-19,22,25H,11-13,15-17,20H2,1-4H3,(H,36,40)/t22-/m1/s1. The zero-order valence-electron chi connectivity index (χ0n) is 24.0. The summed E-state index contributed by atoms with van der Waals surface area (Å²) in [5.41, 5.74) is 1.88. The molecule has 1 aliphatic heterocycles. The van der Waals surface area contributed by atoms with E-state index in [1.807, 2.05) is 24.4 Å². The number of carbonyl (C=O) groups excluding carboxylic acids is 1. The fourth-order valence-electron chi connectivity index (χ4n) is 5.51. The van der Waals surface area contributed by atoms with E-state index in [0.717, 1.165) is 56.4 Å². The minimum Gasteiger partial charge on any atom is -0.497 e. The highest BCUT2D eigenvalue weighted by molar-refractivity contribution is 5.96. The summed E-state index contributed by atoms with van der Waals surface area (Å²) in [6.45, 7) is 8.17. The smallest absolute Gasteiger partial charge is 0.433 e. The van der Waals surface area contributed by atoms with Crippen LogP contribution >= 0.6 is 0 Å². The third-order valence-corrected chi connectivity index (χ3v) is 7.82. The van der Waals surface area contributed by atoms with Gasteiger partial charge in [0.15, 0.2) is 0 Å². The van der Waals surface area contributed by atoms with Crippen molar-refractivity contribution < 1.29 is 22.7 Å². The first-order valence-electron chi connectivity index (χ1n) is 13.9. The summed E-state index contributed by atoms with van der Waals surface area (Å²) in [7, 11) is 1.66. The van der Waals surface area contributed by atoms with E-state index >= 15 is 0 Å². The molecule has 10 heteroatoms. The highest BCUT2D eigenvalue weighted by Crippen LogP contribution is 2.30. The number of halogens is 3. The van der Waals surface area contributed by atoms with Gasteiger partial charge in [-0.25, -0.2) is 4.98 Å². The molecule has 3 aromatic rings. The number of nitrogens with zero attached hydrogens (tertiary/aromatic N) is 4. The lowest BCUT2D eigenvalue weighted by Gasteiger charge is -2.41. The minimum absolute atomic E-state index is 0.0813. The molecule has 0 aliphatic carbocycles. The Hall–Kier alpha value is -3.66. The number of piperidine rings is 1. The van der Waals surface area contributed by atoms with Crippen molar-refractivity contribution in [3.8, 4) is 5.75 Å². The predicted octanol–water partition coefficient (Wildman–Crippen LogP) is 5.80. The highest BCUT2D eigenvalue weighted by atomic mass is 19.4. The molecule has 7 nitrogen and oxygen atoms in total. The fourth-order valence-corrected chi connectivity index (χ4v) is 5.51. The van der Waals surface area contributed by atoms with Gasteiger partial charge in [0.05, 0.1) is 30.3 Å².